The van der Waals surface area contributed by atoms with Crippen LogP contribution in [0.15, 0.2) is 47.4 Å². The highest BCUT2D eigenvalue weighted by atomic mass is 32.2. The lowest BCUT2D eigenvalue weighted by Gasteiger charge is -2.14. The molecule has 2 rings (SSSR count). The van der Waals surface area contributed by atoms with E-state index < -0.39 is 11.7 Å². The molecule has 0 aromatic heterocycles. The largest absolute Gasteiger partial charge is 0.493 e. The van der Waals surface area contributed by atoms with E-state index in [0.717, 1.165) is 28.3 Å². The second kappa shape index (κ2) is 10.3. The summed E-state index contributed by atoms with van der Waals surface area (Å²) in [6, 6.07) is 10.4. The number of rotatable bonds is 10. The minimum atomic E-state index is -4.34. The third-order valence-corrected chi connectivity index (χ3v) is 5.07. The van der Waals surface area contributed by atoms with Gasteiger partial charge in [0, 0.05) is 10.6 Å². The highest BCUT2D eigenvalue weighted by Gasteiger charge is 2.30. The van der Waals surface area contributed by atoms with Crippen LogP contribution in [0.1, 0.15) is 18.1 Å². The van der Waals surface area contributed by atoms with Crippen LogP contribution in [0, 0.1) is 12.8 Å². The first-order valence-corrected chi connectivity index (χ1v) is 9.49. The molecule has 2 aromatic rings. The van der Waals surface area contributed by atoms with Crippen LogP contribution >= 0.6 is 11.8 Å². The molecular formula is C20H21F3O4S. The topological polar surface area (TPSA) is 44.8 Å². The lowest BCUT2D eigenvalue weighted by atomic mass is 10.2. The maximum absolute atomic E-state index is 12.6. The number of carbonyl (C=O) groups excluding carboxylic acids is 1. The zero-order valence-electron chi connectivity index (χ0n) is 15.5. The number of thioether (sulfide) groups is 1. The summed E-state index contributed by atoms with van der Waals surface area (Å²) in [7, 11) is 0. The van der Waals surface area contributed by atoms with E-state index in [-0.39, 0.29) is 12.7 Å². The van der Waals surface area contributed by atoms with Crippen molar-refractivity contribution in [2.24, 2.45) is 5.92 Å². The van der Waals surface area contributed by atoms with Gasteiger partial charge in [-0.1, -0.05) is 6.92 Å². The first-order valence-electron chi connectivity index (χ1n) is 8.51. The van der Waals surface area contributed by atoms with Gasteiger partial charge < -0.3 is 14.2 Å². The highest BCUT2D eigenvalue weighted by Crippen LogP contribution is 2.31. The van der Waals surface area contributed by atoms with Gasteiger partial charge in [-0.15, -0.1) is 11.8 Å². The Morgan fingerprint density at radius 2 is 1.82 bits per heavy atom. The van der Waals surface area contributed by atoms with E-state index in [9.17, 15) is 18.0 Å². The highest BCUT2D eigenvalue weighted by molar-refractivity contribution is 7.99. The third kappa shape index (κ3) is 6.99. The number of hydrogen-bond donors (Lipinski definition) is 0. The molecule has 0 N–H and O–H groups in total. The number of hydrogen-bond acceptors (Lipinski definition) is 5. The van der Waals surface area contributed by atoms with Crippen molar-refractivity contribution in [3.05, 3.63) is 53.6 Å². The van der Waals surface area contributed by atoms with Crippen LogP contribution < -0.4 is 9.47 Å². The van der Waals surface area contributed by atoms with Gasteiger partial charge in [0.1, 0.15) is 11.5 Å². The molecule has 152 valence electrons. The van der Waals surface area contributed by atoms with Crippen LogP contribution in [0.5, 0.6) is 11.5 Å². The minimum Gasteiger partial charge on any atom is -0.493 e. The fourth-order valence-corrected chi connectivity index (χ4v) is 3.26. The van der Waals surface area contributed by atoms with Crippen molar-refractivity contribution >= 4 is 18.2 Å². The standard InChI is InChI=1S/C20H21F3O4S/c1-14(10-26-17-5-3-16(4-6-17)20(21,22)23)11-28-18-7-8-19(15(2)9-18)27-13-25-12-24/h3-9,12,14H,10-11,13H2,1-2H3. The predicted molar refractivity (Wildman–Crippen MR) is 101 cm³/mol. The second-order valence-corrected chi connectivity index (χ2v) is 7.30. The summed E-state index contributed by atoms with van der Waals surface area (Å²) in [5, 5.41) is 0. The number of alkyl halides is 3. The molecule has 0 heterocycles. The van der Waals surface area contributed by atoms with E-state index >= 15 is 0 Å². The Hall–Kier alpha value is -2.35. The Kier molecular flexibility index (Phi) is 8.04. The third-order valence-electron chi connectivity index (χ3n) is 3.75. The number of ether oxygens (including phenoxy) is 3. The van der Waals surface area contributed by atoms with Crippen LogP contribution in [0.2, 0.25) is 0 Å². The van der Waals surface area contributed by atoms with E-state index in [4.69, 9.17) is 9.47 Å². The zero-order chi connectivity index (χ0) is 20.6. The molecule has 0 saturated heterocycles. The van der Waals surface area contributed by atoms with Crippen LogP contribution in [-0.2, 0) is 15.7 Å². The number of halogens is 3. The Bertz CT molecular complexity index is 763. The lowest BCUT2D eigenvalue weighted by molar-refractivity contribution is -0.137. The van der Waals surface area contributed by atoms with Crippen molar-refractivity contribution in [1.82, 2.24) is 0 Å². The summed E-state index contributed by atoms with van der Waals surface area (Å²) >= 11 is 1.65. The first-order chi connectivity index (χ1) is 13.3. The summed E-state index contributed by atoms with van der Waals surface area (Å²) in [5.74, 6) is 2.04. The lowest BCUT2D eigenvalue weighted by Crippen LogP contribution is -2.11. The Morgan fingerprint density at radius 1 is 1.11 bits per heavy atom. The molecular weight excluding hydrogens is 393 g/mol. The van der Waals surface area contributed by atoms with Crippen molar-refractivity contribution in [3.63, 3.8) is 0 Å². The van der Waals surface area contributed by atoms with Gasteiger partial charge in [-0.25, -0.2) is 0 Å². The van der Waals surface area contributed by atoms with E-state index in [0.29, 0.717) is 24.6 Å². The van der Waals surface area contributed by atoms with Gasteiger partial charge in [-0.2, -0.15) is 13.2 Å². The van der Waals surface area contributed by atoms with E-state index in [1.165, 1.54) is 12.1 Å². The monoisotopic (exact) mass is 414 g/mol. The van der Waals surface area contributed by atoms with Crippen molar-refractivity contribution in [2.75, 3.05) is 19.2 Å². The van der Waals surface area contributed by atoms with Crippen LogP contribution in [-0.4, -0.2) is 25.6 Å². The molecule has 0 aliphatic rings. The Balaban J connectivity index is 1.78. The van der Waals surface area contributed by atoms with Crippen molar-refractivity contribution in [2.45, 2.75) is 24.9 Å². The Labute approximate surface area is 166 Å². The molecule has 4 nitrogen and oxygen atoms in total. The van der Waals surface area contributed by atoms with Gasteiger partial charge >= 0.3 is 6.18 Å². The minimum absolute atomic E-state index is 0.130. The maximum Gasteiger partial charge on any atom is 0.416 e. The smallest absolute Gasteiger partial charge is 0.416 e. The number of benzene rings is 2. The van der Waals surface area contributed by atoms with Gasteiger partial charge in [0.25, 0.3) is 6.47 Å². The average molecular weight is 414 g/mol. The van der Waals surface area contributed by atoms with Crippen molar-refractivity contribution in [1.29, 1.82) is 0 Å². The molecule has 0 amide bonds. The summed E-state index contributed by atoms with van der Waals surface area (Å²) in [4.78, 5) is 11.2. The molecule has 8 heteroatoms. The summed E-state index contributed by atoms with van der Waals surface area (Å²) in [6.45, 7) is 4.51. The first kappa shape index (κ1) is 21.9. The van der Waals surface area contributed by atoms with Crippen molar-refractivity contribution < 1.29 is 32.2 Å². The molecule has 0 fully saturated rings. The van der Waals surface area contributed by atoms with Gasteiger partial charge in [0.15, 0.2) is 0 Å². The van der Waals surface area contributed by atoms with E-state index in [1.54, 1.807) is 11.8 Å². The maximum atomic E-state index is 12.6. The molecule has 0 saturated carbocycles. The molecule has 2 aromatic carbocycles. The fraction of sp³-hybridized carbons (Fsp3) is 0.350. The predicted octanol–water partition coefficient (Wildman–Crippen LogP) is 5.33. The summed E-state index contributed by atoms with van der Waals surface area (Å²) in [6.07, 6.45) is -4.34. The number of aryl methyl sites for hydroxylation is 1. The zero-order valence-corrected chi connectivity index (χ0v) is 16.3. The van der Waals surface area contributed by atoms with Crippen LogP contribution in [0.4, 0.5) is 13.2 Å². The van der Waals surface area contributed by atoms with Gasteiger partial charge in [0.05, 0.1) is 12.2 Å². The normalized spacial score (nSPS) is 12.3. The summed E-state index contributed by atoms with van der Waals surface area (Å²) < 4.78 is 53.1. The summed E-state index contributed by atoms with van der Waals surface area (Å²) in [5.41, 5.74) is 0.233. The molecule has 0 bridgehead atoms. The molecule has 1 atom stereocenters. The molecule has 28 heavy (non-hydrogen) atoms. The van der Waals surface area contributed by atoms with Gasteiger partial charge in [-0.05, 0) is 60.9 Å². The quantitative estimate of drug-likeness (QED) is 0.228. The molecule has 0 aliphatic heterocycles. The van der Waals surface area contributed by atoms with E-state index in [1.807, 2.05) is 32.0 Å². The molecule has 1 unspecified atom stereocenters. The van der Waals surface area contributed by atoms with Crippen LogP contribution in [0.3, 0.4) is 0 Å². The second-order valence-electron chi connectivity index (χ2n) is 6.20. The fourth-order valence-electron chi connectivity index (χ4n) is 2.26. The van der Waals surface area contributed by atoms with Gasteiger partial charge in [-0.3, -0.25) is 4.79 Å². The molecule has 0 radical (unpaired) electrons. The number of carbonyl (C=O) groups is 1. The van der Waals surface area contributed by atoms with Gasteiger partial charge in [0.2, 0.25) is 6.79 Å². The van der Waals surface area contributed by atoms with Crippen molar-refractivity contribution in [3.8, 4) is 11.5 Å². The molecule has 0 spiro atoms. The molecule has 0 aliphatic carbocycles. The Morgan fingerprint density at radius 3 is 2.43 bits per heavy atom. The average Bonchev–Trinajstić information content (AvgIpc) is 2.66. The SMILES string of the molecule is Cc1cc(SCC(C)COc2ccc(C(F)(F)F)cc2)ccc1OCOC=O. The van der Waals surface area contributed by atoms with Crippen LogP contribution in [0.25, 0.3) is 0 Å². The van der Waals surface area contributed by atoms with E-state index in [2.05, 4.69) is 4.74 Å².